The average molecular weight is 463 g/mol. The lowest BCUT2D eigenvalue weighted by Crippen LogP contribution is -2.46. The molecule has 0 spiro atoms. The number of hydrogen-bond acceptors (Lipinski definition) is 7. The normalized spacial score (nSPS) is 21.0. The van der Waals surface area contributed by atoms with E-state index in [-0.39, 0.29) is 16.9 Å². The van der Waals surface area contributed by atoms with Crippen molar-refractivity contribution in [2.24, 2.45) is 10.7 Å². The Bertz CT molecular complexity index is 1030. The minimum absolute atomic E-state index is 0.00570. The van der Waals surface area contributed by atoms with E-state index in [9.17, 15) is 31.1 Å². The summed E-state index contributed by atoms with van der Waals surface area (Å²) in [6.45, 7) is -1.87. The number of amidine groups is 1. The van der Waals surface area contributed by atoms with E-state index >= 15 is 0 Å². The third-order valence-electron chi connectivity index (χ3n) is 4.44. The van der Waals surface area contributed by atoms with Crippen molar-refractivity contribution >= 4 is 17.6 Å². The van der Waals surface area contributed by atoms with Crippen molar-refractivity contribution in [2.45, 2.75) is 37.8 Å². The summed E-state index contributed by atoms with van der Waals surface area (Å²) >= 11 is 0. The number of carbonyl (C=O) groups excluding carboxylic acids is 1. The molecule has 0 saturated heterocycles. The summed E-state index contributed by atoms with van der Waals surface area (Å²) in [5.74, 6) is -2.23. The number of nitrogens with zero attached hydrogens (tertiary/aromatic N) is 3. The highest BCUT2D eigenvalue weighted by atomic mass is 19.4. The Morgan fingerprint density at radius 1 is 1.31 bits per heavy atom. The molecule has 3 N–H and O–H groups in total. The molecule has 1 amide bonds. The Hall–Kier alpha value is -3.58. The standard InChI is InChI=1S/C18H15F6N5O3/c1-17(5-12(18(22,23)24)31-16(25)29-17)9-4-8(2-3-10(9)19)28-14(30)11-6-27-13(7-26-11)32-15(20)21/h2-4,6-7,12,15H,5H2,1H3,(H2,25,29)(H,28,30)/t12-,17+/m0/s1. The van der Waals surface area contributed by atoms with Crippen LogP contribution in [0.1, 0.15) is 29.4 Å². The summed E-state index contributed by atoms with van der Waals surface area (Å²) in [5, 5.41) is 2.36. The molecular formula is C18H15F6N5O3. The van der Waals surface area contributed by atoms with Gasteiger partial charge in [0.25, 0.3) is 11.9 Å². The van der Waals surface area contributed by atoms with Crippen molar-refractivity contribution in [3.05, 3.63) is 47.7 Å². The van der Waals surface area contributed by atoms with Crippen LogP contribution in [0.15, 0.2) is 35.6 Å². The number of anilines is 1. The lowest BCUT2D eigenvalue weighted by atomic mass is 9.85. The topological polar surface area (TPSA) is 112 Å². The third kappa shape index (κ3) is 5.18. The zero-order valence-corrected chi connectivity index (χ0v) is 16.2. The molecule has 2 heterocycles. The molecule has 172 valence electrons. The number of amides is 1. The van der Waals surface area contributed by atoms with Gasteiger partial charge in [-0.3, -0.25) is 4.79 Å². The van der Waals surface area contributed by atoms with Crippen LogP contribution >= 0.6 is 0 Å². The van der Waals surface area contributed by atoms with Gasteiger partial charge < -0.3 is 20.5 Å². The van der Waals surface area contributed by atoms with Crippen molar-refractivity contribution < 1.29 is 40.6 Å². The zero-order valence-electron chi connectivity index (χ0n) is 16.2. The molecule has 2 aromatic rings. The molecule has 14 heteroatoms. The molecule has 0 unspecified atom stereocenters. The molecular weight excluding hydrogens is 448 g/mol. The molecule has 0 saturated carbocycles. The average Bonchev–Trinajstić information content (AvgIpc) is 2.68. The van der Waals surface area contributed by atoms with Gasteiger partial charge >= 0.3 is 12.8 Å². The number of aliphatic imine (C=N–C) groups is 1. The molecule has 0 radical (unpaired) electrons. The number of aromatic nitrogens is 2. The van der Waals surface area contributed by atoms with E-state index in [1.807, 2.05) is 0 Å². The lowest BCUT2D eigenvalue weighted by molar-refractivity contribution is -0.208. The molecule has 2 atom stereocenters. The van der Waals surface area contributed by atoms with E-state index in [4.69, 9.17) is 5.73 Å². The first-order valence-corrected chi connectivity index (χ1v) is 8.84. The van der Waals surface area contributed by atoms with Gasteiger partial charge in [-0.1, -0.05) is 0 Å². The maximum atomic E-state index is 14.5. The Labute approximate surface area is 176 Å². The summed E-state index contributed by atoms with van der Waals surface area (Å²) in [5.41, 5.74) is 3.11. The van der Waals surface area contributed by atoms with Crippen LogP contribution in [0.5, 0.6) is 5.88 Å². The van der Waals surface area contributed by atoms with Gasteiger partial charge in [-0.2, -0.15) is 22.0 Å². The number of nitrogens with one attached hydrogen (secondary N) is 1. The summed E-state index contributed by atoms with van der Waals surface area (Å²) < 4.78 is 86.9. The smallest absolute Gasteiger partial charge is 0.425 e. The number of ether oxygens (including phenoxy) is 2. The minimum Gasteiger partial charge on any atom is -0.452 e. The Morgan fingerprint density at radius 2 is 2.03 bits per heavy atom. The van der Waals surface area contributed by atoms with Crippen LogP contribution < -0.4 is 15.8 Å². The molecule has 8 nitrogen and oxygen atoms in total. The van der Waals surface area contributed by atoms with E-state index in [1.54, 1.807) is 0 Å². The Morgan fingerprint density at radius 3 is 2.62 bits per heavy atom. The number of carbonyl (C=O) groups is 1. The maximum Gasteiger partial charge on any atom is 0.425 e. The van der Waals surface area contributed by atoms with Gasteiger partial charge in [0.05, 0.1) is 17.9 Å². The van der Waals surface area contributed by atoms with Crippen molar-refractivity contribution in [1.29, 1.82) is 0 Å². The van der Waals surface area contributed by atoms with Gasteiger partial charge in [0.15, 0.2) is 6.10 Å². The Balaban J connectivity index is 1.84. The van der Waals surface area contributed by atoms with Crippen LogP contribution in [0.2, 0.25) is 0 Å². The predicted molar refractivity (Wildman–Crippen MR) is 97.5 cm³/mol. The number of hydrogen-bond donors (Lipinski definition) is 2. The summed E-state index contributed by atoms with van der Waals surface area (Å²) in [6.07, 6.45) is -6.14. The largest absolute Gasteiger partial charge is 0.452 e. The third-order valence-corrected chi connectivity index (χ3v) is 4.44. The highest BCUT2D eigenvalue weighted by molar-refractivity contribution is 6.02. The van der Waals surface area contributed by atoms with Crippen molar-refractivity contribution in [3.63, 3.8) is 0 Å². The number of alkyl halides is 5. The zero-order chi connectivity index (χ0) is 23.7. The number of nitrogens with two attached hydrogens (primary N) is 1. The first-order chi connectivity index (χ1) is 14.9. The molecule has 32 heavy (non-hydrogen) atoms. The molecule has 1 aliphatic rings. The quantitative estimate of drug-likeness (QED) is 0.658. The SMILES string of the molecule is C[C@]1(c2cc(NC(=O)c3cnc(OC(F)F)cn3)ccc2F)C[C@@H](C(F)(F)F)OC(N)=N1. The van der Waals surface area contributed by atoms with Crippen molar-refractivity contribution in [1.82, 2.24) is 9.97 Å². The fourth-order valence-electron chi connectivity index (χ4n) is 3.01. The monoisotopic (exact) mass is 463 g/mol. The molecule has 0 bridgehead atoms. The Kier molecular flexibility index (Phi) is 6.14. The number of benzene rings is 1. The molecule has 1 aromatic heterocycles. The second-order valence-corrected chi connectivity index (χ2v) is 6.84. The van der Waals surface area contributed by atoms with E-state index < -0.39 is 54.5 Å². The van der Waals surface area contributed by atoms with Crippen LogP contribution in [0.3, 0.4) is 0 Å². The van der Waals surface area contributed by atoms with Gasteiger partial charge in [-0.05, 0) is 25.1 Å². The second-order valence-electron chi connectivity index (χ2n) is 6.84. The molecule has 0 fully saturated rings. The molecule has 0 aliphatic carbocycles. The van der Waals surface area contributed by atoms with E-state index in [1.165, 1.54) is 6.92 Å². The summed E-state index contributed by atoms with van der Waals surface area (Å²) in [4.78, 5) is 23.3. The number of halogens is 6. The fourth-order valence-corrected chi connectivity index (χ4v) is 3.01. The van der Waals surface area contributed by atoms with Crippen molar-refractivity contribution in [2.75, 3.05) is 5.32 Å². The van der Waals surface area contributed by atoms with Gasteiger partial charge in [-0.25, -0.2) is 19.4 Å². The second kappa shape index (κ2) is 8.51. The first kappa shape index (κ1) is 23.1. The van der Waals surface area contributed by atoms with Crippen LogP contribution in [0.25, 0.3) is 0 Å². The number of rotatable bonds is 5. The van der Waals surface area contributed by atoms with Crippen molar-refractivity contribution in [3.8, 4) is 5.88 Å². The highest BCUT2D eigenvalue weighted by Crippen LogP contribution is 2.41. The van der Waals surface area contributed by atoms with Gasteiger partial charge in [0.1, 0.15) is 11.5 Å². The minimum atomic E-state index is -4.76. The highest BCUT2D eigenvalue weighted by Gasteiger charge is 2.50. The van der Waals surface area contributed by atoms with Gasteiger partial charge in [0, 0.05) is 17.7 Å². The summed E-state index contributed by atoms with van der Waals surface area (Å²) in [6, 6.07) is 2.45. The van der Waals surface area contributed by atoms with Crippen LogP contribution in [0.4, 0.5) is 32.0 Å². The van der Waals surface area contributed by atoms with Gasteiger partial charge in [0.2, 0.25) is 5.88 Å². The van der Waals surface area contributed by atoms with E-state index in [0.29, 0.717) is 0 Å². The van der Waals surface area contributed by atoms with E-state index in [2.05, 4.69) is 29.8 Å². The van der Waals surface area contributed by atoms with E-state index in [0.717, 1.165) is 30.6 Å². The summed E-state index contributed by atoms with van der Waals surface area (Å²) in [7, 11) is 0. The van der Waals surface area contributed by atoms with Crippen LogP contribution in [-0.4, -0.2) is 40.8 Å². The molecule has 1 aromatic carbocycles. The first-order valence-electron chi connectivity index (χ1n) is 8.84. The van der Waals surface area contributed by atoms with Crippen LogP contribution in [-0.2, 0) is 10.3 Å². The van der Waals surface area contributed by atoms with Crippen LogP contribution in [0, 0.1) is 5.82 Å². The molecule has 1 aliphatic heterocycles. The molecule has 3 rings (SSSR count). The fraction of sp³-hybridized carbons (Fsp3) is 0.333. The van der Waals surface area contributed by atoms with Gasteiger partial charge in [-0.15, -0.1) is 0 Å². The predicted octanol–water partition coefficient (Wildman–Crippen LogP) is 3.35. The maximum absolute atomic E-state index is 14.5. The lowest BCUT2D eigenvalue weighted by Gasteiger charge is -2.36.